The molecular weight excluding hydrogens is 389 g/mol. The van der Waals surface area contributed by atoms with Crippen molar-refractivity contribution in [2.24, 2.45) is 5.10 Å². The van der Waals surface area contributed by atoms with Crippen LogP contribution in [0.3, 0.4) is 0 Å². The third-order valence-corrected chi connectivity index (χ3v) is 5.46. The Balaban J connectivity index is 1.38. The first-order chi connectivity index (χ1) is 14.1. The van der Waals surface area contributed by atoms with E-state index in [1.54, 1.807) is 11.8 Å². The van der Waals surface area contributed by atoms with Gasteiger partial charge in [0.05, 0.1) is 17.1 Å². The Bertz CT molecular complexity index is 1080. The van der Waals surface area contributed by atoms with Crippen molar-refractivity contribution in [1.29, 1.82) is 0 Å². The fourth-order valence-electron chi connectivity index (χ4n) is 2.79. The number of fused-ring (bicyclic) bond motifs is 2. The van der Waals surface area contributed by atoms with Crippen LogP contribution in [0.4, 0.5) is 15.8 Å². The summed E-state index contributed by atoms with van der Waals surface area (Å²) in [6.07, 6.45) is 0. The molecular formula is C22H18FN3O2S. The highest BCUT2D eigenvalue weighted by molar-refractivity contribution is 7.99. The molecule has 1 amide bonds. The van der Waals surface area contributed by atoms with Crippen molar-refractivity contribution in [1.82, 2.24) is 5.43 Å². The number of ether oxygens (including phenoxy) is 1. The fraction of sp³-hybridized carbons (Fsp3) is 0.0909. The van der Waals surface area contributed by atoms with Crippen LogP contribution in [0.1, 0.15) is 12.5 Å². The molecule has 7 heteroatoms. The van der Waals surface area contributed by atoms with Crippen LogP contribution in [0, 0.1) is 5.82 Å². The van der Waals surface area contributed by atoms with Gasteiger partial charge in [-0.25, -0.2) is 9.82 Å². The van der Waals surface area contributed by atoms with E-state index < -0.39 is 5.91 Å². The van der Waals surface area contributed by atoms with Crippen LogP contribution in [0.2, 0.25) is 0 Å². The van der Waals surface area contributed by atoms with Gasteiger partial charge in [-0.15, -0.1) is 0 Å². The summed E-state index contributed by atoms with van der Waals surface area (Å²) in [6, 6.07) is 19.6. The van der Waals surface area contributed by atoms with Crippen molar-refractivity contribution >= 4 is 34.8 Å². The lowest BCUT2D eigenvalue weighted by Gasteiger charge is -2.21. The Morgan fingerprint density at radius 1 is 1.07 bits per heavy atom. The minimum absolute atomic E-state index is 0.207. The molecule has 0 unspecified atom stereocenters. The molecule has 0 aromatic heterocycles. The van der Waals surface area contributed by atoms with Gasteiger partial charge in [-0.3, -0.25) is 4.79 Å². The highest BCUT2D eigenvalue weighted by Gasteiger charge is 2.16. The van der Waals surface area contributed by atoms with Crippen molar-refractivity contribution in [3.63, 3.8) is 0 Å². The Labute approximate surface area is 172 Å². The lowest BCUT2D eigenvalue weighted by molar-refractivity contribution is -0.123. The number of carbonyl (C=O) groups is 1. The SMILES string of the molecule is C/C(=N\NC(=O)COc1ccc(F)cc1)c1ccc2c(c1)Nc1ccccc1S2. The summed E-state index contributed by atoms with van der Waals surface area (Å²) in [5, 5.41) is 7.59. The van der Waals surface area contributed by atoms with E-state index in [0.29, 0.717) is 11.5 Å². The number of nitrogens with one attached hydrogen (secondary N) is 2. The number of amides is 1. The first-order valence-corrected chi connectivity index (χ1v) is 9.80. The maximum Gasteiger partial charge on any atom is 0.277 e. The molecule has 0 aliphatic carbocycles. The number of rotatable bonds is 5. The average Bonchev–Trinajstić information content (AvgIpc) is 2.75. The average molecular weight is 407 g/mol. The molecule has 0 saturated heterocycles. The zero-order valence-electron chi connectivity index (χ0n) is 15.6. The standard InChI is InChI=1S/C22H18FN3O2S/c1-14(25-26-22(27)13-28-17-9-7-16(23)8-10-17)15-6-11-21-19(12-15)24-18-4-2-3-5-20(18)29-21/h2-12,24H,13H2,1H3,(H,26,27)/b25-14+. The molecule has 4 rings (SSSR count). The Morgan fingerprint density at radius 3 is 2.66 bits per heavy atom. The van der Waals surface area contributed by atoms with E-state index in [1.165, 1.54) is 29.2 Å². The Morgan fingerprint density at radius 2 is 1.83 bits per heavy atom. The van der Waals surface area contributed by atoms with Crippen molar-refractivity contribution in [3.8, 4) is 5.75 Å². The Hall–Kier alpha value is -3.32. The van der Waals surface area contributed by atoms with Crippen molar-refractivity contribution in [3.05, 3.63) is 78.1 Å². The number of hydrogen-bond donors (Lipinski definition) is 2. The summed E-state index contributed by atoms with van der Waals surface area (Å²) in [6.45, 7) is 1.62. The predicted octanol–water partition coefficient (Wildman–Crippen LogP) is 4.95. The first-order valence-electron chi connectivity index (χ1n) is 8.98. The second kappa shape index (κ2) is 8.36. The van der Waals surface area contributed by atoms with Gasteiger partial charge in [-0.2, -0.15) is 5.10 Å². The fourth-order valence-corrected chi connectivity index (χ4v) is 3.76. The lowest BCUT2D eigenvalue weighted by atomic mass is 10.1. The number of para-hydroxylation sites is 1. The summed E-state index contributed by atoms with van der Waals surface area (Å²) in [7, 11) is 0. The summed E-state index contributed by atoms with van der Waals surface area (Å²) in [5.41, 5.74) is 6.13. The molecule has 1 aliphatic rings. The monoisotopic (exact) mass is 407 g/mol. The molecule has 0 bridgehead atoms. The third kappa shape index (κ3) is 4.57. The van der Waals surface area contributed by atoms with E-state index in [-0.39, 0.29) is 12.4 Å². The van der Waals surface area contributed by atoms with Gasteiger partial charge in [-0.1, -0.05) is 30.0 Å². The Kier molecular flexibility index (Phi) is 5.48. The number of benzene rings is 3. The first kappa shape index (κ1) is 19.0. The van der Waals surface area contributed by atoms with Gasteiger partial charge in [0.15, 0.2) is 6.61 Å². The number of carbonyl (C=O) groups excluding carboxylic acids is 1. The molecule has 0 spiro atoms. The van der Waals surface area contributed by atoms with Crippen LogP contribution >= 0.6 is 11.8 Å². The van der Waals surface area contributed by atoms with E-state index >= 15 is 0 Å². The summed E-state index contributed by atoms with van der Waals surface area (Å²) in [5.74, 6) is -0.335. The van der Waals surface area contributed by atoms with Gasteiger partial charge in [0.25, 0.3) is 5.91 Å². The van der Waals surface area contributed by atoms with Crippen LogP contribution in [-0.2, 0) is 4.79 Å². The molecule has 2 N–H and O–H groups in total. The number of hydrogen-bond acceptors (Lipinski definition) is 5. The molecule has 0 saturated carbocycles. The van der Waals surface area contributed by atoms with Gasteiger partial charge in [-0.05, 0) is 61.0 Å². The van der Waals surface area contributed by atoms with Crippen LogP contribution in [-0.4, -0.2) is 18.2 Å². The third-order valence-electron chi connectivity index (χ3n) is 4.31. The molecule has 0 fully saturated rings. The molecule has 1 heterocycles. The number of anilines is 2. The highest BCUT2D eigenvalue weighted by Crippen LogP contribution is 2.44. The normalized spacial score (nSPS) is 12.4. The molecule has 3 aromatic rings. The van der Waals surface area contributed by atoms with E-state index in [1.807, 2.05) is 43.3 Å². The minimum atomic E-state index is -0.394. The van der Waals surface area contributed by atoms with Crippen molar-refractivity contribution < 1.29 is 13.9 Å². The van der Waals surface area contributed by atoms with Crippen LogP contribution in [0.15, 0.2) is 81.6 Å². The molecule has 29 heavy (non-hydrogen) atoms. The highest BCUT2D eigenvalue weighted by atomic mass is 32.2. The second-order valence-corrected chi connectivity index (χ2v) is 7.49. The van der Waals surface area contributed by atoms with E-state index in [2.05, 4.69) is 21.9 Å². The minimum Gasteiger partial charge on any atom is -0.484 e. The van der Waals surface area contributed by atoms with Crippen LogP contribution < -0.4 is 15.5 Å². The van der Waals surface area contributed by atoms with Crippen molar-refractivity contribution in [2.75, 3.05) is 11.9 Å². The van der Waals surface area contributed by atoms with Gasteiger partial charge < -0.3 is 10.1 Å². The summed E-state index contributed by atoms with van der Waals surface area (Å²) < 4.78 is 18.2. The van der Waals surface area contributed by atoms with E-state index in [4.69, 9.17) is 4.74 Å². The van der Waals surface area contributed by atoms with E-state index in [9.17, 15) is 9.18 Å². The smallest absolute Gasteiger partial charge is 0.277 e. The number of halogens is 1. The molecule has 146 valence electrons. The van der Waals surface area contributed by atoms with Gasteiger partial charge >= 0.3 is 0 Å². The zero-order chi connectivity index (χ0) is 20.2. The van der Waals surface area contributed by atoms with Gasteiger partial charge in [0.2, 0.25) is 0 Å². The number of hydrazone groups is 1. The second-order valence-electron chi connectivity index (χ2n) is 6.41. The van der Waals surface area contributed by atoms with Crippen LogP contribution in [0.5, 0.6) is 5.75 Å². The quantitative estimate of drug-likeness (QED) is 0.363. The zero-order valence-corrected chi connectivity index (χ0v) is 16.4. The van der Waals surface area contributed by atoms with Crippen molar-refractivity contribution in [2.45, 2.75) is 16.7 Å². The molecule has 3 aromatic carbocycles. The maximum absolute atomic E-state index is 12.9. The maximum atomic E-state index is 12.9. The predicted molar refractivity (Wildman–Crippen MR) is 113 cm³/mol. The molecule has 0 atom stereocenters. The lowest BCUT2D eigenvalue weighted by Crippen LogP contribution is -2.25. The topological polar surface area (TPSA) is 62.7 Å². The largest absolute Gasteiger partial charge is 0.484 e. The number of nitrogens with zero attached hydrogens (tertiary/aromatic N) is 1. The summed E-state index contributed by atoms with van der Waals surface area (Å²) in [4.78, 5) is 14.3. The molecule has 1 aliphatic heterocycles. The summed E-state index contributed by atoms with van der Waals surface area (Å²) >= 11 is 1.71. The van der Waals surface area contributed by atoms with E-state index in [0.717, 1.165) is 21.8 Å². The van der Waals surface area contributed by atoms with Gasteiger partial charge in [0, 0.05) is 9.79 Å². The molecule has 0 radical (unpaired) electrons. The van der Waals surface area contributed by atoms with Crippen LogP contribution in [0.25, 0.3) is 0 Å². The molecule has 5 nitrogen and oxygen atoms in total. The van der Waals surface area contributed by atoms with Gasteiger partial charge in [0.1, 0.15) is 11.6 Å².